The monoisotopic (exact) mass is 485 g/mol. The minimum Gasteiger partial charge on any atom is -0.494 e. The number of carbonyl (C=O) groups is 2. The number of carbonyl (C=O) groups excluding carboxylic acids is 1. The number of hydrogen-bond acceptors (Lipinski definition) is 5. The molecule has 0 saturated carbocycles. The Kier molecular flexibility index (Phi) is 7.49. The van der Waals surface area contributed by atoms with Gasteiger partial charge in [-0.25, -0.2) is 9.00 Å². The quantitative estimate of drug-likeness (QED) is 0.505. The zero-order valence-corrected chi connectivity index (χ0v) is 19.7. The highest BCUT2D eigenvalue weighted by Gasteiger charge is 2.18. The minimum atomic E-state index is -1.58. The third kappa shape index (κ3) is 5.40. The second-order valence-electron chi connectivity index (χ2n) is 7.79. The van der Waals surface area contributed by atoms with E-state index in [0.717, 1.165) is 10.9 Å². The van der Waals surface area contributed by atoms with Gasteiger partial charge < -0.3 is 24.8 Å². The molecule has 1 saturated heterocycles. The number of hydrogen-bond donors (Lipinski definition) is 2. The first-order valence-electron chi connectivity index (χ1n) is 11.1. The van der Waals surface area contributed by atoms with Crippen LogP contribution in [0.15, 0.2) is 53.6 Å². The first-order valence-corrected chi connectivity index (χ1v) is 12.2. The van der Waals surface area contributed by atoms with Crippen LogP contribution in [0.5, 0.6) is 5.75 Å². The third-order valence-corrected chi connectivity index (χ3v) is 6.86. The maximum atomic E-state index is 13.5. The van der Waals surface area contributed by atoms with Crippen LogP contribution in [-0.2, 0) is 26.9 Å². The van der Waals surface area contributed by atoms with Crippen LogP contribution in [-0.4, -0.2) is 63.1 Å². The number of rotatable bonds is 8. The van der Waals surface area contributed by atoms with Gasteiger partial charge in [0.25, 0.3) is 0 Å². The standard InChI is InChI=1S/C24H27N3O6S/c1-2-33-19-6-9-21-17(3-10-23(28)29)16-27(22(21)15-19)34(31)20-7-4-18(5-8-20)25-24(30)26-11-13-32-14-12-26/h4-9,15-16H,2-3,10-14H2,1H3,(H,25,30)(H,28,29). The number of benzene rings is 2. The molecule has 2 aromatic carbocycles. The molecule has 2 amide bonds. The lowest BCUT2D eigenvalue weighted by Crippen LogP contribution is -2.43. The summed E-state index contributed by atoms with van der Waals surface area (Å²) in [6.07, 6.45) is 2.06. The molecule has 1 atom stereocenters. The highest BCUT2D eigenvalue weighted by atomic mass is 32.2. The van der Waals surface area contributed by atoms with Crippen LogP contribution in [0.4, 0.5) is 10.5 Å². The number of fused-ring (bicyclic) bond motifs is 1. The molecule has 34 heavy (non-hydrogen) atoms. The van der Waals surface area contributed by atoms with Crippen molar-refractivity contribution in [3.63, 3.8) is 0 Å². The number of carboxylic acid groups (broad SMARTS) is 1. The molecular formula is C24H27N3O6S. The Bertz CT molecular complexity index is 1200. The van der Waals surface area contributed by atoms with Crippen LogP contribution < -0.4 is 10.1 Å². The second kappa shape index (κ2) is 10.7. The fourth-order valence-electron chi connectivity index (χ4n) is 3.82. The number of nitrogens with zero attached hydrogens (tertiary/aromatic N) is 2. The molecule has 1 aliphatic heterocycles. The number of ether oxygens (including phenoxy) is 2. The molecule has 0 spiro atoms. The summed E-state index contributed by atoms with van der Waals surface area (Å²) < 4.78 is 26.0. The predicted octanol–water partition coefficient (Wildman–Crippen LogP) is 3.49. The van der Waals surface area contributed by atoms with Gasteiger partial charge in [0, 0.05) is 42.8 Å². The Morgan fingerprint density at radius 3 is 2.56 bits per heavy atom. The Labute approximate surface area is 199 Å². The molecule has 9 nitrogen and oxygen atoms in total. The van der Waals surface area contributed by atoms with Crippen LogP contribution in [0.2, 0.25) is 0 Å². The van der Waals surface area contributed by atoms with Gasteiger partial charge in [-0.1, -0.05) is 0 Å². The fraction of sp³-hybridized carbons (Fsp3) is 0.333. The van der Waals surface area contributed by atoms with Crippen LogP contribution >= 0.6 is 0 Å². The Balaban J connectivity index is 1.57. The van der Waals surface area contributed by atoms with Gasteiger partial charge in [-0.3, -0.25) is 8.77 Å². The van der Waals surface area contributed by atoms with Crippen molar-refractivity contribution in [2.75, 3.05) is 38.2 Å². The minimum absolute atomic E-state index is 0.0174. The summed E-state index contributed by atoms with van der Waals surface area (Å²) in [6.45, 7) is 4.52. The summed E-state index contributed by atoms with van der Waals surface area (Å²) in [4.78, 5) is 25.7. The van der Waals surface area contributed by atoms with Crippen molar-refractivity contribution >= 4 is 39.6 Å². The van der Waals surface area contributed by atoms with Crippen molar-refractivity contribution in [2.24, 2.45) is 0 Å². The Morgan fingerprint density at radius 2 is 1.88 bits per heavy atom. The normalized spacial score (nSPS) is 14.7. The third-order valence-electron chi connectivity index (χ3n) is 5.53. The largest absolute Gasteiger partial charge is 0.494 e. The van der Waals surface area contributed by atoms with Gasteiger partial charge in [0.15, 0.2) is 11.0 Å². The first-order chi connectivity index (χ1) is 16.5. The molecule has 1 aromatic heterocycles. The highest BCUT2D eigenvalue weighted by Crippen LogP contribution is 2.29. The molecule has 1 fully saturated rings. The zero-order valence-electron chi connectivity index (χ0n) is 18.9. The number of morpholine rings is 1. The molecule has 4 rings (SSSR count). The van der Waals surface area contributed by atoms with Crippen LogP contribution in [0, 0.1) is 0 Å². The number of nitrogens with one attached hydrogen (secondary N) is 1. The average molecular weight is 486 g/mol. The molecule has 0 bridgehead atoms. The van der Waals surface area contributed by atoms with Crippen LogP contribution in [0.1, 0.15) is 18.9 Å². The summed E-state index contributed by atoms with van der Waals surface area (Å²) in [5.41, 5.74) is 2.12. The number of carboxylic acids is 1. The number of aliphatic carboxylic acids is 1. The summed E-state index contributed by atoms with van der Waals surface area (Å²) in [5, 5.41) is 12.8. The van der Waals surface area contributed by atoms with Gasteiger partial charge in [0.2, 0.25) is 0 Å². The number of amides is 2. The maximum absolute atomic E-state index is 13.5. The second-order valence-corrected chi connectivity index (χ2v) is 9.15. The molecule has 0 radical (unpaired) electrons. The molecule has 180 valence electrons. The van der Waals surface area contributed by atoms with E-state index in [2.05, 4.69) is 5.32 Å². The SMILES string of the molecule is CCOc1ccc2c(CCC(=O)O)cn(S(=O)c3ccc(NC(=O)N4CCOCC4)cc3)c2c1. The van der Waals surface area contributed by atoms with Crippen molar-refractivity contribution in [1.29, 1.82) is 0 Å². The number of aromatic nitrogens is 1. The van der Waals surface area contributed by atoms with Gasteiger partial charge in [-0.05, 0) is 55.3 Å². The van der Waals surface area contributed by atoms with E-state index < -0.39 is 17.0 Å². The lowest BCUT2D eigenvalue weighted by atomic mass is 10.1. The molecular weight excluding hydrogens is 458 g/mol. The highest BCUT2D eigenvalue weighted by molar-refractivity contribution is 7.83. The van der Waals surface area contributed by atoms with E-state index in [1.807, 2.05) is 25.1 Å². The molecule has 0 aliphatic carbocycles. The number of urea groups is 1. The van der Waals surface area contributed by atoms with Crippen LogP contribution in [0.25, 0.3) is 10.9 Å². The van der Waals surface area contributed by atoms with E-state index >= 15 is 0 Å². The maximum Gasteiger partial charge on any atom is 0.321 e. The van der Waals surface area contributed by atoms with Gasteiger partial charge >= 0.3 is 12.0 Å². The van der Waals surface area contributed by atoms with Gasteiger partial charge in [-0.2, -0.15) is 0 Å². The average Bonchev–Trinajstić information content (AvgIpc) is 3.21. The van der Waals surface area contributed by atoms with E-state index in [4.69, 9.17) is 14.6 Å². The van der Waals surface area contributed by atoms with Crippen molar-refractivity contribution in [1.82, 2.24) is 8.87 Å². The summed E-state index contributed by atoms with van der Waals surface area (Å²) in [7, 11) is -1.58. The first kappa shape index (κ1) is 23.8. The van der Waals surface area contributed by atoms with E-state index in [0.29, 0.717) is 61.2 Å². The zero-order chi connectivity index (χ0) is 24.1. The molecule has 2 heterocycles. The smallest absolute Gasteiger partial charge is 0.321 e. The topological polar surface area (TPSA) is 110 Å². The van der Waals surface area contributed by atoms with E-state index in [-0.39, 0.29) is 12.5 Å². The molecule has 1 aliphatic rings. The Morgan fingerprint density at radius 1 is 1.15 bits per heavy atom. The van der Waals surface area contributed by atoms with Crippen molar-refractivity contribution in [3.8, 4) is 5.75 Å². The van der Waals surface area contributed by atoms with E-state index in [9.17, 15) is 13.8 Å². The molecule has 10 heteroatoms. The number of aryl methyl sites for hydroxylation is 1. The van der Waals surface area contributed by atoms with Crippen molar-refractivity contribution in [3.05, 3.63) is 54.2 Å². The fourth-order valence-corrected chi connectivity index (χ4v) is 4.97. The molecule has 1 unspecified atom stereocenters. The molecule has 3 aromatic rings. The summed E-state index contributed by atoms with van der Waals surface area (Å²) in [5.74, 6) is -0.236. The van der Waals surface area contributed by atoms with Gasteiger partial charge in [-0.15, -0.1) is 0 Å². The lowest BCUT2D eigenvalue weighted by Gasteiger charge is -2.26. The number of anilines is 1. The lowest BCUT2D eigenvalue weighted by molar-refractivity contribution is -0.136. The van der Waals surface area contributed by atoms with Crippen LogP contribution in [0.3, 0.4) is 0 Å². The van der Waals surface area contributed by atoms with E-state index in [1.165, 1.54) is 0 Å². The van der Waals surface area contributed by atoms with Gasteiger partial charge in [0.1, 0.15) is 5.75 Å². The Hall–Kier alpha value is -3.37. The van der Waals surface area contributed by atoms with Gasteiger partial charge in [0.05, 0.1) is 30.2 Å². The van der Waals surface area contributed by atoms with Crippen molar-refractivity contribution in [2.45, 2.75) is 24.7 Å². The summed E-state index contributed by atoms with van der Waals surface area (Å²) in [6, 6.07) is 12.2. The van der Waals surface area contributed by atoms with E-state index in [1.54, 1.807) is 39.3 Å². The summed E-state index contributed by atoms with van der Waals surface area (Å²) >= 11 is 0. The van der Waals surface area contributed by atoms with Crippen molar-refractivity contribution < 1.29 is 28.4 Å². The molecule has 2 N–H and O–H groups in total. The predicted molar refractivity (Wildman–Crippen MR) is 129 cm³/mol.